The number of hydrogen-bond acceptors (Lipinski definition) is 3. The number of ether oxygens (including phenoxy) is 1. The van der Waals surface area contributed by atoms with Crippen molar-refractivity contribution in [2.75, 3.05) is 18.5 Å². The van der Waals surface area contributed by atoms with E-state index in [9.17, 15) is 4.79 Å². The Balaban J connectivity index is 1.92. The fourth-order valence-corrected chi connectivity index (χ4v) is 2.37. The van der Waals surface area contributed by atoms with Gasteiger partial charge in [0.25, 0.3) is 0 Å². The van der Waals surface area contributed by atoms with Crippen molar-refractivity contribution >= 4 is 11.7 Å². The van der Waals surface area contributed by atoms with Crippen LogP contribution in [0.1, 0.15) is 39.3 Å². The normalized spacial score (nSPS) is 21.8. The van der Waals surface area contributed by atoms with Gasteiger partial charge in [0, 0.05) is 13.2 Å². The van der Waals surface area contributed by atoms with Gasteiger partial charge in [0.05, 0.1) is 29.7 Å². The molecule has 0 radical (unpaired) electrons. The second-order valence-corrected chi connectivity index (χ2v) is 6.49. The van der Waals surface area contributed by atoms with E-state index in [4.69, 9.17) is 4.74 Å². The summed E-state index contributed by atoms with van der Waals surface area (Å²) >= 11 is 0. The van der Waals surface area contributed by atoms with Crippen LogP contribution < -0.4 is 10.6 Å². The summed E-state index contributed by atoms with van der Waals surface area (Å²) < 4.78 is 7.27. The summed E-state index contributed by atoms with van der Waals surface area (Å²) in [5, 5.41) is 10.2. The summed E-state index contributed by atoms with van der Waals surface area (Å²) in [6.07, 6.45) is 3.62. The Morgan fingerprint density at radius 2 is 2.33 bits per heavy atom. The third-order valence-electron chi connectivity index (χ3n) is 3.90. The van der Waals surface area contributed by atoms with Gasteiger partial charge in [-0.15, -0.1) is 0 Å². The van der Waals surface area contributed by atoms with Crippen LogP contribution in [0.5, 0.6) is 0 Å². The molecule has 1 aromatic rings. The molecule has 1 aliphatic heterocycles. The number of amides is 2. The quantitative estimate of drug-likeness (QED) is 0.877. The van der Waals surface area contributed by atoms with E-state index in [0.717, 1.165) is 30.8 Å². The summed E-state index contributed by atoms with van der Waals surface area (Å²) in [5.74, 6) is 0.635. The number of aromatic nitrogens is 2. The number of anilines is 1. The van der Waals surface area contributed by atoms with Crippen LogP contribution in [0.15, 0.2) is 6.20 Å². The molecule has 21 heavy (non-hydrogen) atoms. The second-order valence-electron chi connectivity index (χ2n) is 6.49. The standard InChI is InChI=1S/C15H26N4O2/c1-11(2)5-7-19-12(3)13(9-16-19)17-14(20)18-15(4)6-8-21-10-15/h9,11H,5-8,10H2,1-4H3,(H2,17,18,20). The minimum Gasteiger partial charge on any atom is -0.379 e. The zero-order valence-corrected chi connectivity index (χ0v) is 13.4. The highest BCUT2D eigenvalue weighted by molar-refractivity contribution is 5.90. The lowest BCUT2D eigenvalue weighted by molar-refractivity contribution is 0.172. The van der Waals surface area contributed by atoms with Crippen LogP contribution in [-0.4, -0.2) is 34.6 Å². The summed E-state index contributed by atoms with van der Waals surface area (Å²) in [7, 11) is 0. The number of rotatable bonds is 5. The van der Waals surface area contributed by atoms with E-state index in [2.05, 4.69) is 29.6 Å². The maximum absolute atomic E-state index is 12.1. The first kappa shape index (κ1) is 15.8. The predicted octanol–water partition coefficient (Wildman–Crippen LogP) is 2.54. The first-order valence-corrected chi connectivity index (χ1v) is 7.59. The molecule has 1 aliphatic rings. The van der Waals surface area contributed by atoms with Gasteiger partial charge < -0.3 is 15.4 Å². The molecule has 6 heteroatoms. The van der Waals surface area contributed by atoms with Crippen molar-refractivity contribution in [3.63, 3.8) is 0 Å². The fourth-order valence-electron chi connectivity index (χ4n) is 2.37. The number of urea groups is 1. The van der Waals surface area contributed by atoms with Gasteiger partial charge in [-0.1, -0.05) is 13.8 Å². The van der Waals surface area contributed by atoms with Gasteiger partial charge in [-0.25, -0.2) is 4.79 Å². The number of hydrogen-bond donors (Lipinski definition) is 2. The number of nitrogens with one attached hydrogen (secondary N) is 2. The van der Waals surface area contributed by atoms with Gasteiger partial charge in [-0.2, -0.15) is 5.10 Å². The van der Waals surface area contributed by atoms with E-state index in [1.807, 2.05) is 18.5 Å². The molecule has 2 amide bonds. The summed E-state index contributed by atoms with van der Waals surface area (Å²) in [4.78, 5) is 12.1. The van der Waals surface area contributed by atoms with Gasteiger partial charge in [0.15, 0.2) is 0 Å². The third-order valence-corrected chi connectivity index (χ3v) is 3.90. The molecular weight excluding hydrogens is 268 g/mol. The summed E-state index contributed by atoms with van der Waals surface area (Å²) in [5.41, 5.74) is 1.48. The minimum atomic E-state index is -0.272. The van der Waals surface area contributed by atoms with E-state index < -0.39 is 0 Å². The van der Waals surface area contributed by atoms with Crippen molar-refractivity contribution in [1.82, 2.24) is 15.1 Å². The molecule has 1 fully saturated rings. The molecule has 2 heterocycles. The highest BCUT2D eigenvalue weighted by atomic mass is 16.5. The van der Waals surface area contributed by atoms with E-state index >= 15 is 0 Å². The van der Waals surface area contributed by atoms with Gasteiger partial charge in [0.2, 0.25) is 0 Å². The molecule has 1 atom stereocenters. The minimum absolute atomic E-state index is 0.200. The zero-order valence-electron chi connectivity index (χ0n) is 13.4. The topological polar surface area (TPSA) is 68.2 Å². The average Bonchev–Trinajstić information content (AvgIpc) is 2.95. The van der Waals surface area contributed by atoms with Crippen molar-refractivity contribution in [1.29, 1.82) is 0 Å². The molecule has 1 aromatic heterocycles. The fraction of sp³-hybridized carbons (Fsp3) is 0.733. The molecule has 1 saturated heterocycles. The molecular formula is C15H26N4O2. The van der Waals surface area contributed by atoms with Crippen molar-refractivity contribution in [2.45, 2.75) is 52.6 Å². The third kappa shape index (κ3) is 4.20. The van der Waals surface area contributed by atoms with Crippen LogP contribution in [0.4, 0.5) is 10.5 Å². The van der Waals surface area contributed by atoms with Crippen LogP contribution >= 0.6 is 0 Å². The Morgan fingerprint density at radius 1 is 1.57 bits per heavy atom. The molecule has 0 aromatic carbocycles. The van der Waals surface area contributed by atoms with Crippen molar-refractivity contribution in [2.24, 2.45) is 5.92 Å². The maximum atomic E-state index is 12.1. The molecule has 0 spiro atoms. The molecule has 2 N–H and O–H groups in total. The van der Waals surface area contributed by atoms with Gasteiger partial charge >= 0.3 is 6.03 Å². The Bertz CT molecular complexity index is 490. The van der Waals surface area contributed by atoms with Crippen LogP contribution in [-0.2, 0) is 11.3 Å². The zero-order chi connectivity index (χ0) is 15.5. The van der Waals surface area contributed by atoms with E-state index in [1.54, 1.807) is 6.20 Å². The number of carbonyl (C=O) groups is 1. The molecule has 0 bridgehead atoms. The van der Waals surface area contributed by atoms with Crippen LogP contribution in [0.3, 0.4) is 0 Å². The molecule has 118 valence electrons. The van der Waals surface area contributed by atoms with Crippen LogP contribution in [0, 0.1) is 12.8 Å². The SMILES string of the molecule is Cc1c(NC(=O)NC2(C)CCOC2)cnn1CCC(C)C. The maximum Gasteiger partial charge on any atom is 0.319 e. The van der Waals surface area contributed by atoms with Crippen molar-refractivity contribution in [3.05, 3.63) is 11.9 Å². The second kappa shape index (κ2) is 6.47. The average molecular weight is 294 g/mol. The Labute approximate surface area is 126 Å². The lowest BCUT2D eigenvalue weighted by Gasteiger charge is -2.23. The summed E-state index contributed by atoms with van der Waals surface area (Å²) in [6.45, 7) is 10.5. The molecule has 1 unspecified atom stereocenters. The smallest absolute Gasteiger partial charge is 0.319 e. The molecule has 2 rings (SSSR count). The largest absolute Gasteiger partial charge is 0.379 e. The first-order valence-electron chi connectivity index (χ1n) is 7.59. The van der Waals surface area contributed by atoms with Crippen molar-refractivity contribution < 1.29 is 9.53 Å². The van der Waals surface area contributed by atoms with Gasteiger partial charge in [0.1, 0.15) is 0 Å². The highest BCUT2D eigenvalue weighted by Crippen LogP contribution is 2.19. The van der Waals surface area contributed by atoms with Crippen molar-refractivity contribution in [3.8, 4) is 0 Å². The van der Waals surface area contributed by atoms with E-state index in [1.165, 1.54) is 0 Å². The Kier molecular flexibility index (Phi) is 4.88. The first-order chi connectivity index (χ1) is 9.89. The number of nitrogens with zero attached hydrogens (tertiary/aromatic N) is 2. The van der Waals surface area contributed by atoms with E-state index in [0.29, 0.717) is 19.1 Å². The number of carbonyl (C=O) groups excluding carboxylic acids is 1. The molecule has 0 saturated carbocycles. The summed E-state index contributed by atoms with van der Waals surface area (Å²) in [6, 6.07) is -0.200. The predicted molar refractivity (Wildman–Crippen MR) is 82.4 cm³/mol. The van der Waals surface area contributed by atoms with E-state index in [-0.39, 0.29) is 11.6 Å². The van der Waals surface area contributed by atoms with Gasteiger partial charge in [-0.05, 0) is 32.6 Å². The monoisotopic (exact) mass is 294 g/mol. The lowest BCUT2D eigenvalue weighted by atomic mass is 10.0. The number of aryl methyl sites for hydroxylation is 1. The van der Waals surface area contributed by atoms with Gasteiger partial charge in [-0.3, -0.25) is 4.68 Å². The van der Waals surface area contributed by atoms with Crippen LogP contribution in [0.2, 0.25) is 0 Å². The Hall–Kier alpha value is -1.56. The van der Waals surface area contributed by atoms with Crippen LogP contribution in [0.25, 0.3) is 0 Å². The highest BCUT2D eigenvalue weighted by Gasteiger charge is 2.31. The Morgan fingerprint density at radius 3 is 2.95 bits per heavy atom. The molecule has 6 nitrogen and oxygen atoms in total. The molecule has 0 aliphatic carbocycles. The lowest BCUT2D eigenvalue weighted by Crippen LogP contribution is -2.48.